The molecule has 28 heavy (non-hydrogen) atoms. The van der Waals surface area contributed by atoms with Crippen molar-refractivity contribution in [1.82, 2.24) is 0 Å². The van der Waals surface area contributed by atoms with Crippen LogP contribution >= 0.6 is 11.6 Å². The largest absolute Gasteiger partial charge is 0.489 e. The monoisotopic (exact) mass is 404 g/mol. The molecule has 7 heteroatoms. The Kier molecular flexibility index (Phi) is 6.21. The van der Waals surface area contributed by atoms with Crippen molar-refractivity contribution < 1.29 is 17.9 Å². The average molecular weight is 405 g/mol. The predicted octanol–water partition coefficient (Wildman–Crippen LogP) is 6.38. The van der Waals surface area contributed by atoms with E-state index in [1.165, 1.54) is 12.3 Å². The zero-order chi connectivity index (χ0) is 20.0. The number of rotatable bonds is 6. The van der Waals surface area contributed by atoms with Crippen molar-refractivity contribution >= 4 is 23.5 Å². The highest BCUT2D eigenvalue weighted by molar-refractivity contribution is 6.33. The molecular formula is C21H16ClF3N2O. The Labute approximate surface area is 165 Å². The molecule has 0 aromatic heterocycles. The summed E-state index contributed by atoms with van der Waals surface area (Å²) in [6.45, 7) is 0.430. The van der Waals surface area contributed by atoms with E-state index >= 15 is 0 Å². The molecule has 0 saturated carbocycles. The van der Waals surface area contributed by atoms with Gasteiger partial charge in [-0.05, 0) is 41.5 Å². The molecule has 0 bridgehead atoms. The van der Waals surface area contributed by atoms with Gasteiger partial charge in [0.25, 0.3) is 0 Å². The molecule has 3 aromatic carbocycles. The lowest BCUT2D eigenvalue weighted by molar-refractivity contribution is -0.137. The van der Waals surface area contributed by atoms with E-state index in [1.807, 2.05) is 36.4 Å². The molecule has 0 saturated heterocycles. The first-order chi connectivity index (χ1) is 13.4. The summed E-state index contributed by atoms with van der Waals surface area (Å²) >= 11 is 5.93. The van der Waals surface area contributed by atoms with Gasteiger partial charge < -0.3 is 4.74 Å². The standard InChI is InChI=1S/C21H16ClF3N2O/c22-19-10-9-17(21(23,24)25)12-20(19)27-26-13-16-7-4-8-18(11-16)28-14-15-5-2-1-3-6-15/h1-13,27H,14H2/b26-13-. The highest BCUT2D eigenvalue weighted by Crippen LogP contribution is 2.33. The second-order valence-corrected chi connectivity index (χ2v) is 6.32. The molecule has 3 nitrogen and oxygen atoms in total. The molecule has 0 atom stereocenters. The van der Waals surface area contributed by atoms with Gasteiger partial charge in [0.1, 0.15) is 12.4 Å². The van der Waals surface area contributed by atoms with Crippen LogP contribution in [0.1, 0.15) is 16.7 Å². The first kappa shape index (κ1) is 19.8. The van der Waals surface area contributed by atoms with Crippen LogP contribution < -0.4 is 10.2 Å². The van der Waals surface area contributed by atoms with Gasteiger partial charge in [-0.3, -0.25) is 5.43 Å². The number of alkyl halides is 3. The zero-order valence-electron chi connectivity index (χ0n) is 14.6. The molecule has 0 aliphatic carbocycles. The van der Waals surface area contributed by atoms with Crippen molar-refractivity contribution in [1.29, 1.82) is 0 Å². The summed E-state index contributed by atoms with van der Waals surface area (Å²) in [7, 11) is 0. The molecule has 0 fully saturated rings. The van der Waals surface area contributed by atoms with E-state index in [1.54, 1.807) is 18.2 Å². The van der Waals surface area contributed by atoms with Gasteiger partial charge in [-0.2, -0.15) is 18.3 Å². The van der Waals surface area contributed by atoms with Gasteiger partial charge in [-0.25, -0.2) is 0 Å². The summed E-state index contributed by atoms with van der Waals surface area (Å²) in [6.07, 6.45) is -2.97. The van der Waals surface area contributed by atoms with Crippen LogP contribution in [-0.2, 0) is 12.8 Å². The molecule has 0 aliphatic rings. The van der Waals surface area contributed by atoms with E-state index < -0.39 is 11.7 Å². The van der Waals surface area contributed by atoms with Crippen LogP contribution in [-0.4, -0.2) is 6.21 Å². The van der Waals surface area contributed by atoms with Gasteiger partial charge in [-0.15, -0.1) is 0 Å². The van der Waals surface area contributed by atoms with Crippen molar-refractivity contribution in [2.45, 2.75) is 12.8 Å². The van der Waals surface area contributed by atoms with E-state index in [0.717, 1.165) is 23.3 Å². The SMILES string of the molecule is FC(F)(F)c1ccc(Cl)c(N/N=C\c2cccc(OCc3ccccc3)c2)c1. The van der Waals surface area contributed by atoms with E-state index in [2.05, 4.69) is 10.5 Å². The summed E-state index contributed by atoms with van der Waals surface area (Å²) in [5.74, 6) is 0.657. The fraction of sp³-hybridized carbons (Fsp3) is 0.0952. The van der Waals surface area contributed by atoms with Crippen LogP contribution in [0, 0.1) is 0 Å². The Morgan fingerprint density at radius 1 is 0.964 bits per heavy atom. The molecule has 0 amide bonds. The predicted molar refractivity (Wildman–Crippen MR) is 105 cm³/mol. The number of hydrazone groups is 1. The zero-order valence-corrected chi connectivity index (χ0v) is 15.3. The van der Waals surface area contributed by atoms with Crippen molar-refractivity contribution in [2.24, 2.45) is 5.10 Å². The Morgan fingerprint density at radius 2 is 1.75 bits per heavy atom. The van der Waals surface area contributed by atoms with Crippen LogP contribution in [0.25, 0.3) is 0 Å². The van der Waals surface area contributed by atoms with Crippen LogP contribution in [0.3, 0.4) is 0 Å². The molecule has 3 aromatic rings. The number of hydrogen-bond acceptors (Lipinski definition) is 3. The van der Waals surface area contributed by atoms with Gasteiger partial charge in [0, 0.05) is 0 Å². The smallest absolute Gasteiger partial charge is 0.416 e. The van der Waals surface area contributed by atoms with Crippen molar-refractivity contribution in [3.63, 3.8) is 0 Å². The van der Waals surface area contributed by atoms with Gasteiger partial charge in [-0.1, -0.05) is 54.1 Å². The number of ether oxygens (including phenoxy) is 1. The first-order valence-electron chi connectivity index (χ1n) is 8.34. The van der Waals surface area contributed by atoms with Crippen LogP contribution in [0.2, 0.25) is 5.02 Å². The van der Waals surface area contributed by atoms with Crippen LogP contribution in [0.5, 0.6) is 5.75 Å². The van der Waals surface area contributed by atoms with Gasteiger partial charge >= 0.3 is 6.18 Å². The lowest BCUT2D eigenvalue weighted by atomic mass is 10.2. The third kappa shape index (κ3) is 5.50. The minimum absolute atomic E-state index is 0.0734. The second-order valence-electron chi connectivity index (χ2n) is 5.91. The van der Waals surface area contributed by atoms with E-state index in [4.69, 9.17) is 16.3 Å². The quantitative estimate of drug-likeness (QED) is 0.382. The van der Waals surface area contributed by atoms with Crippen LogP contribution in [0.4, 0.5) is 18.9 Å². The topological polar surface area (TPSA) is 33.6 Å². The third-order valence-electron chi connectivity index (χ3n) is 3.80. The normalized spacial score (nSPS) is 11.6. The van der Waals surface area contributed by atoms with Gasteiger partial charge in [0.2, 0.25) is 0 Å². The minimum Gasteiger partial charge on any atom is -0.489 e. The molecule has 0 unspecified atom stereocenters. The summed E-state index contributed by atoms with van der Waals surface area (Å²) in [5, 5.41) is 4.12. The van der Waals surface area contributed by atoms with E-state index in [-0.39, 0.29) is 10.7 Å². The maximum atomic E-state index is 12.8. The summed E-state index contributed by atoms with van der Waals surface area (Å²) in [6, 6.07) is 20.0. The molecule has 144 valence electrons. The lowest BCUT2D eigenvalue weighted by Gasteiger charge is -2.10. The number of halogens is 4. The number of benzene rings is 3. The second kappa shape index (κ2) is 8.80. The van der Waals surface area contributed by atoms with E-state index in [9.17, 15) is 13.2 Å². The first-order valence-corrected chi connectivity index (χ1v) is 8.72. The fourth-order valence-electron chi connectivity index (χ4n) is 2.39. The molecule has 0 spiro atoms. The van der Waals surface area contributed by atoms with Crippen molar-refractivity contribution in [3.05, 3.63) is 94.5 Å². The Balaban J connectivity index is 1.65. The fourth-order valence-corrected chi connectivity index (χ4v) is 2.55. The average Bonchev–Trinajstić information content (AvgIpc) is 2.68. The van der Waals surface area contributed by atoms with Crippen molar-refractivity contribution in [2.75, 3.05) is 5.43 Å². The highest BCUT2D eigenvalue weighted by Gasteiger charge is 2.30. The number of nitrogens with one attached hydrogen (secondary N) is 1. The molecule has 0 radical (unpaired) electrons. The van der Waals surface area contributed by atoms with Gasteiger partial charge in [0.05, 0.1) is 22.5 Å². The summed E-state index contributed by atoms with van der Waals surface area (Å²) in [5.41, 5.74) is 3.59. The minimum atomic E-state index is -4.45. The number of hydrogen-bond donors (Lipinski definition) is 1. The molecule has 0 heterocycles. The Bertz CT molecular complexity index is 959. The van der Waals surface area contributed by atoms with E-state index in [0.29, 0.717) is 12.4 Å². The maximum Gasteiger partial charge on any atom is 0.416 e. The molecule has 0 aliphatic heterocycles. The van der Waals surface area contributed by atoms with Crippen LogP contribution in [0.15, 0.2) is 77.9 Å². The van der Waals surface area contributed by atoms with Gasteiger partial charge in [0.15, 0.2) is 0 Å². The highest BCUT2D eigenvalue weighted by atomic mass is 35.5. The Hall–Kier alpha value is -2.99. The number of anilines is 1. The Morgan fingerprint density at radius 3 is 2.50 bits per heavy atom. The molecular weight excluding hydrogens is 389 g/mol. The third-order valence-corrected chi connectivity index (χ3v) is 4.13. The molecule has 3 rings (SSSR count). The summed E-state index contributed by atoms with van der Waals surface area (Å²) < 4.78 is 44.2. The molecule has 1 N–H and O–H groups in total. The summed E-state index contributed by atoms with van der Waals surface area (Å²) in [4.78, 5) is 0. The van der Waals surface area contributed by atoms with Crippen molar-refractivity contribution in [3.8, 4) is 5.75 Å². The lowest BCUT2D eigenvalue weighted by Crippen LogP contribution is -2.05. The maximum absolute atomic E-state index is 12.8. The number of nitrogens with zero attached hydrogens (tertiary/aromatic N) is 1.